The maximum atomic E-state index is 13.0. The van der Waals surface area contributed by atoms with E-state index in [2.05, 4.69) is 0 Å². The molecule has 0 radical (unpaired) electrons. The highest BCUT2D eigenvalue weighted by Gasteiger charge is 2.95. The van der Waals surface area contributed by atoms with Crippen molar-refractivity contribution in [2.75, 3.05) is 28.8 Å². The van der Waals surface area contributed by atoms with Gasteiger partial charge in [-0.1, -0.05) is 0 Å². The molecule has 1 heterocycles. The quantitative estimate of drug-likeness (QED) is 0.185. The molecule has 1 saturated heterocycles. The van der Waals surface area contributed by atoms with Gasteiger partial charge in [0.05, 0.1) is 0 Å². The Kier molecular flexibility index (Phi) is 11.1. The van der Waals surface area contributed by atoms with Crippen molar-refractivity contribution in [3.8, 4) is 0 Å². The van der Waals surface area contributed by atoms with Gasteiger partial charge >= 0.3 is 47.0 Å². The molecule has 0 amide bonds. The van der Waals surface area contributed by atoms with E-state index in [4.69, 9.17) is 0 Å². The third-order valence-electron chi connectivity index (χ3n) is 4.45. The zero-order chi connectivity index (χ0) is 31.9. The molecule has 0 N–H and O–H groups in total. The van der Waals surface area contributed by atoms with Crippen LogP contribution in [0.3, 0.4) is 0 Å². The molecule has 1 rings (SSSR count). The Morgan fingerprint density at radius 1 is 0.667 bits per heavy atom. The van der Waals surface area contributed by atoms with Crippen molar-refractivity contribution >= 4 is 38.6 Å². The molecule has 0 aliphatic carbocycles. The second-order valence-electron chi connectivity index (χ2n) is 7.39. The molecule has 1 fully saturated rings. The first-order chi connectivity index (χ1) is 16.8. The summed E-state index contributed by atoms with van der Waals surface area (Å²) in [5.74, 6) is -45.8. The van der Waals surface area contributed by atoms with Crippen molar-refractivity contribution in [1.82, 2.24) is 0 Å². The summed E-state index contributed by atoms with van der Waals surface area (Å²) in [6.07, 6.45) is -7.89. The summed E-state index contributed by atoms with van der Waals surface area (Å²) in [4.78, 5) is 10.7. The molecule has 0 aromatic heterocycles. The van der Waals surface area contributed by atoms with Crippen molar-refractivity contribution in [3.05, 3.63) is 0 Å². The minimum Gasteiger partial charge on any atom is -0.743 e. The first-order valence-corrected chi connectivity index (χ1v) is 13.5. The van der Waals surface area contributed by atoms with E-state index in [0.29, 0.717) is 16.7 Å². The van der Waals surface area contributed by atoms with Crippen molar-refractivity contribution in [3.63, 3.8) is 0 Å². The molecular weight excluding hydrogens is 663 g/mol. The van der Waals surface area contributed by atoms with E-state index in [1.54, 1.807) is 6.92 Å². The van der Waals surface area contributed by atoms with E-state index in [1.165, 1.54) is 23.0 Å². The second kappa shape index (κ2) is 11.4. The largest absolute Gasteiger partial charge is 0.743 e. The molecule has 1 aliphatic rings. The summed E-state index contributed by atoms with van der Waals surface area (Å²) in [5.41, 5.74) is 0. The number of ketones is 1. The lowest BCUT2D eigenvalue weighted by molar-refractivity contribution is -0.458. The van der Waals surface area contributed by atoms with Gasteiger partial charge in [0.25, 0.3) is 0 Å². The second-order valence-corrected chi connectivity index (χ2v) is 12.4. The van der Waals surface area contributed by atoms with Crippen molar-refractivity contribution in [2.24, 2.45) is 0 Å². The van der Waals surface area contributed by atoms with Crippen molar-refractivity contribution < 1.29 is 92.4 Å². The predicted molar refractivity (Wildman–Crippen MR) is 100 cm³/mol. The number of carbonyl (C=O) groups excluding carboxylic acids is 1. The third kappa shape index (κ3) is 6.61. The average Bonchev–Trinajstić information content (AvgIpc) is 2.72. The van der Waals surface area contributed by atoms with Crippen molar-refractivity contribution in [2.45, 2.75) is 53.9 Å². The molecule has 4 nitrogen and oxygen atoms in total. The number of alkyl halides is 17. The van der Waals surface area contributed by atoms with Crippen LogP contribution in [0.25, 0.3) is 0 Å². The number of hydrogen-bond donors (Lipinski definition) is 0. The third-order valence-corrected chi connectivity index (χ3v) is 9.21. The van der Waals surface area contributed by atoms with Gasteiger partial charge in [-0.25, -0.2) is 8.42 Å². The minimum atomic E-state index is -8.92. The van der Waals surface area contributed by atoms with Crippen LogP contribution < -0.4 is 0 Å². The molecular formula is C15H13F17O4S3. The fraction of sp³-hybridized carbons (Fsp3) is 0.933. The van der Waals surface area contributed by atoms with Gasteiger partial charge in [-0.05, 0) is 17.8 Å². The number of carbonyl (C=O) groups is 1. The van der Waals surface area contributed by atoms with E-state index in [9.17, 15) is 92.4 Å². The van der Waals surface area contributed by atoms with E-state index >= 15 is 0 Å². The Hall–Kier alpha value is -0.910. The lowest BCUT2D eigenvalue weighted by atomic mass is 9.91. The highest BCUT2D eigenvalue weighted by atomic mass is 32.2. The molecule has 0 unspecified atom stereocenters. The summed E-state index contributed by atoms with van der Waals surface area (Å²) in [5, 5.41) is -7.95. The van der Waals surface area contributed by atoms with Crippen LogP contribution in [0.5, 0.6) is 0 Å². The highest BCUT2D eigenvalue weighted by Crippen LogP contribution is 2.64. The van der Waals surface area contributed by atoms with Crippen LogP contribution in [0.1, 0.15) is 6.92 Å². The van der Waals surface area contributed by atoms with Gasteiger partial charge in [0.15, 0.2) is 21.7 Å². The fourth-order valence-electron chi connectivity index (χ4n) is 2.30. The number of thioether (sulfide) groups is 1. The Labute approximate surface area is 214 Å². The van der Waals surface area contributed by atoms with Crippen LogP contribution in [0.15, 0.2) is 0 Å². The lowest BCUT2D eigenvalue weighted by Gasteiger charge is -2.42. The molecule has 1 aliphatic heterocycles. The van der Waals surface area contributed by atoms with Crippen LogP contribution in [0.4, 0.5) is 74.6 Å². The number of rotatable bonds is 9. The van der Waals surface area contributed by atoms with Gasteiger partial charge in [-0.15, -0.1) is 0 Å². The molecule has 0 aromatic carbocycles. The number of Topliss-reactive ketones (excluding diaryl/α,β-unsaturated/α-hetero) is 1. The average molecular weight is 676 g/mol. The van der Waals surface area contributed by atoms with Crippen LogP contribution in [-0.4, -0.2) is 94.5 Å². The monoisotopic (exact) mass is 676 g/mol. The lowest BCUT2D eigenvalue weighted by Crippen LogP contribution is -2.75. The van der Waals surface area contributed by atoms with Gasteiger partial charge in [0, 0.05) is 11.5 Å². The van der Waals surface area contributed by atoms with Crippen LogP contribution in [0.2, 0.25) is 0 Å². The summed E-state index contributed by atoms with van der Waals surface area (Å²) in [6.45, 7) is 1.70. The van der Waals surface area contributed by atoms with Crippen molar-refractivity contribution in [1.29, 1.82) is 0 Å². The molecule has 0 bridgehead atoms. The number of halogens is 17. The molecule has 24 heteroatoms. The van der Waals surface area contributed by atoms with E-state index in [0.717, 1.165) is 5.75 Å². The summed E-state index contributed by atoms with van der Waals surface area (Å²) < 4.78 is 244. The maximum absolute atomic E-state index is 13.0. The Bertz CT molecular complexity index is 972. The van der Waals surface area contributed by atoms with Gasteiger partial charge in [-0.2, -0.15) is 86.4 Å². The van der Waals surface area contributed by atoms with Crippen LogP contribution >= 0.6 is 11.8 Å². The SMILES string of the molecule is CC(=O)C[S+]1CCSCC1.O=S(=O)([O-])C(F)(F)C(F)(F)C(F)(F)C(F)(F)C(F)(F)C(F)(F)C(F)(F)C(F)(F)F. The Balaban J connectivity index is 0.00000120. The van der Waals surface area contributed by atoms with E-state index < -0.39 is 57.1 Å². The van der Waals surface area contributed by atoms with Crippen LogP contribution in [-0.2, 0) is 25.8 Å². The van der Waals surface area contributed by atoms with Crippen LogP contribution in [0, 0.1) is 0 Å². The molecule has 234 valence electrons. The number of hydrogen-bond acceptors (Lipinski definition) is 5. The summed E-state index contributed by atoms with van der Waals surface area (Å²) >= 11 is 2.02. The minimum absolute atomic E-state index is 0.371. The van der Waals surface area contributed by atoms with Gasteiger partial charge in [0.2, 0.25) is 0 Å². The van der Waals surface area contributed by atoms with Gasteiger partial charge in [-0.3, -0.25) is 4.79 Å². The highest BCUT2D eigenvalue weighted by molar-refractivity contribution is 8.05. The Morgan fingerprint density at radius 3 is 1.26 bits per heavy atom. The zero-order valence-corrected chi connectivity index (χ0v) is 20.8. The molecule has 0 atom stereocenters. The summed E-state index contributed by atoms with van der Waals surface area (Å²) in [6, 6.07) is 0. The molecule has 0 saturated carbocycles. The Morgan fingerprint density at radius 2 is 0.974 bits per heavy atom. The summed E-state index contributed by atoms with van der Waals surface area (Å²) in [7, 11) is -7.69. The predicted octanol–water partition coefficient (Wildman–Crippen LogP) is 5.44. The molecule has 0 aromatic rings. The van der Waals surface area contributed by atoms with Gasteiger partial charge < -0.3 is 4.55 Å². The van der Waals surface area contributed by atoms with Gasteiger partial charge in [0.1, 0.15) is 11.5 Å². The van der Waals surface area contributed by atoms with E-state index in [-0.39, 0.29) is 0 Å². The first kappa shape index (κ1) is 38.1. The zero-order valence-electron chi connectivity index (χ0n) is 18.3. The standard InChI is InChI=1S/C8HF17O3S.C7H13OS2/c9-1(10,3(13,14)5(17,18)7(21,22)23)2(11,12)4(15,16)6(19,20)8(24,25)29(26,27)28;1-7(8)6-10-4-2-9-3-5-10/h(H,26,27,28);2-6H2,1H3/q;+1/p-1. The fourth-order valence-corrected chi connectivity index (χ4v) is 6.84. The smallest absolute Gasteiger partial charge is 0.460 e. The molecule has 39 heavy (non-hydrogen) atoms. The molecule has 0 spiro atoms. The first-order valence-electron chi connectivity index (χ1n) is 9.17. The maximum Gasteiger partial charge on any atom is 0.460 e. The topological polar surface area (TPSA) is 74.3 Å². The normalized spacial score (nSPS) is 17.9. The van der Waals surface area contributed by atoms with E-state index in [1.807, 2.05) is 11.8 Å².